The lowest BCUT2D eigenvalue weighted by Crippen LogP contribution is -2.49. The lowest BCUT2D eigenvalue weighted by atomic mass is 10.1. The summed E-state index contributed by atoms with van der Waals surface area (Å²) in [5.41, 5.74) is 1.69. The first kappa shape index (κ1) is 17.2. The third-order valence-electron chi connectivity index (χ3n) is 4.38. The first-order valence-electron chi connectivity index (χ1n) is 8.29. The van der Waals surface area contributed by atoms with E-state index in [0.717, 1.165) is 12.0 Å². The summed E-state index contributed by atoms with van der Waals surface area (Å²) in [6.07, 6.45) is 2.91. The number of hydrogen-bond acceptors (Lipinski definition) is 4. The molecule has 3 rings (SSSR count). The van der Waals surface area contributed by atoms with Crippen LogP contribution < -0.4 is 4.90 Å². The lowest BCUT2D eigenvalue weighted by molar-refractivity contribution is -0.131. The lowest BCUT2D eigenvalue weighted by Gasteiger charge is -2.35. The van der Waals surface area contributed by atoms with E-state index in [1.165, 1.54) is 0 Å². The van der Waals surface area contributed by atoms with E-state index in [2.05, 4.69) is 16.0 Å². The Morgan fingerprint density at radius 3 is 2.56 bits per heavy atom. The molecule has 6 heteroatoms. The molecule has 1 amide bonds. The highest BCUT2D eigenvalue weighted by atomic mass is 35.5. The van der Waals surface area contributed by atoms with Crippen LogP contribution in [0.4, 0.5) is 5.82 Å². The van der Waals surface area contributed by atoms with Gasteiger partial charge in [-0.1, -0.05) is 23.7 Å². The number of nitriles is 1. The van der Waals surface area contributed by atoms with Crippen molar-refractivity contribution in [1.82, 2.24) is 9.88 Å². The molecule has 1 saturated heterocycles. The fourth-order valence-electron chi connectivity index (χ4n) is 2.96. The van der Waals surface area contributed by atoms with E-state index in [0.29, 0.717) is 49.0 Å². The minimum atomic E-state index is 0.163. The van der Waals surface area contributed by atoms with Crippen molar-refractivity contribution >= 4 is 23.3 Å². The number of halogens is 1. The zero-order chi connectivity index (χ0) is 17.6. The molecule has 1 fully saturated rings. The molecule has 128 valence electrons. The first-order valence-corrected chi connectivity index (χ1v) is 8.67. The van der Waals surface area contributed by atoms with Gasteiger partial charge in [0, 0.05) is 43.8 Å². The highest BCUT2D eigenvalue weighted by Gasteiger charge is 2.23. The van der Waals surface area contributed by atoms with Gasteiger partial charge in [0.25, 0.3) is 0 Å². The molecule has 25 heavy (non-hydrogen) atoms. The Morgan fingerprint density at radius 2 is 1.88 bits per heavy atom. The summed E-state index contributed by atoms with van der Waals surface area (Å²) in [6.45, 7) is 2.69. The van der Waals surface area contributed by atoms with Gasteiger partial charge in [0.2, 0.25) is 5.91 Å². The Kier molecular flexibility index (Phi) is 5.52. The summed E-state index contributed by atoms with van der Waals surface area (Å²) in [5, 5.41) is 9.90. The third kappa shape index (κ3) is 4.28. The molecule has 2 aromatic rings. The number of anilines is 1. The van der Waals surface area contributed by atoms with Gasteiger partial charge in [-0.2, -0.15) is 5.26 Å². The number of aromatic nitrogens is 1. The Balaban J connectivity index is 1.52. The first-order chi connectivity index (χ1) is 12.2. The van der Waals surface area contributed by atoms with Crippen molar-refractivity contribution in [1.29, 1.82) is 5.26 Å². The van der Waals surface area contributed by atoms with Crippen LogP contribution in [0.2, 0.25) is 5.02 Å². The maximum absolute atomic E-state index is 12.4. The minimum absolute atomic E-state index is 0.163. The fraction of sp³-hybridized carbons (Fsp3) is 0.316. The SMILES string of the molecule is N#Cc1cccnc1N1CCN(C(=O)CCc2ccc(Cl)cc2)CC1. The molecule has 1 aliphatic heterocycles. The van der Waals surface area contributed by atoms with E-state index >= 15 is 0 Å². The van der Waals surface area contributed by atoms with E-state index < -0.39 is 0 Å². The van der Waals surface area contributed by atoms with Crippen LogP contribution in [0.3, 0.4) is 0 Å². The Morgan fingerprint density at radius 1 is 1.16 bits per heavy atom. The normalized spacial score (nSPS) is 14.2. The molecule has 0 radical (unpaired) electrons. The number of piperazine rings is 1. The number of rotatable bonds is 4. The van der Waals surface area contributed by atoms with Crippen LogP contribution in [-0.4, -0.2) is 42.0 Å². The summed E-state index contributed by atoms with van der Waals surface area (Å²) in [4.78, 5) is 20.7. The molecule has 1 aliphatic rings. The third-order valence-corrected chi connectivity index (χ3v) is 4.63. The van der Waals surface area contributed by atoms with Crippen LogP contribution in [0, 0.1) is 11.3 Å². The van der Waals surface area contributed by atoms with Crippen LogP contribution in [0.15, 0.2) is 42.6 Å². The Bertz CT molecular complexity index is 777. The number of carbonyl (C=O) groups excluding carboxylic acids is 1. The predicted molar refractivity (Wildman–Crippen MR) is 97.5 cm³/mol. The molecule has 1 aromatic heterocycles. The summed E-state index contributed by atoms with van der Waals surface area (Å²) in [7, 11) is 0. The van der Waals surface area contributed by atoms with Crippen LogP contribution in [0.25, 0.3) is 0 Å². The smallest absolute Gasteiger partial charge is 0.223 e. The van der Waals surface area contributed by atoms with Gasteiger partial charge in [-0.05, 0) is 36.2 Å². The molecule has 0 bridgehead atoms. The molecule has 1 aromatic carbocycles. The molecule has 0 atom stereocenters. The molecule has 0 aliphatic carbocycles. The standard InChI is InChI=1S/C19H19ClN4O/c20-17-6-3-15(4-7-17)5-8-18(25)23-10-12-24(13-11-23)19-16(14-21)2-1-9-22-19/h1-4,6-7,9H,5,8,10-13H2. The van der Waals surface area contributed by atoms with E-state index in [4.69, 9.17) is 11.6 Å². The fourth-order valence-corrected chi connectivity index (χ4v) is 3.09. The average molecular weight is 355 g/mol. The summed E-state index contributed by atoms with van der Waals surface area (Å²) >= 11 is 5.88. The van der Waals surface area contributed by atoms with E-state index in [-0.39, 0.29) is 5.91 Å². The van der Waals surface area contributed by atoms with Crippen molar-refractivity contribution in [3.8, 4) is 6.07 Å². The summed E-state index contributed by atoms with van der Waals surface area (Å²) < 4.78 is 0. The van der Waals surface area contributed by atoms with Crippen molar-refractivity contribution in [2.45, 2.75) is 12.8 Å². The average Bonchev–Trinajstić information content (AvgIpc) is 2.67. The number of pyridine rings is 1. The van der Waals surface area contributed by atoms with Gasteiger partial charge in [0.1, 0.15) is 11.9 Å². The maximum Gasteiger partial charge on any atom is 0.223 e. The predicted octanol–water partition coefficient (Wildman–Crippen LogP) is 2.89. The number of nitrogens with zero attached hydrogens (tertiary/aromatic N) is 4. The van der Waals surface area contributed by atoms with Crippen molar-refractivity contribution in [2.24, 2.45) is 0 Å². The van der Waals surface area contributed by atoms with E-state index in [1.54, 1.807) is 18.3 Å². The van der Waals surface area contributed by atoms with Crippen LogP contribution in [0.5, 0.6) is 0 Å². The number of carbonyl (C=O) groups is 1. The second-order valence-corrected chi connectivity index (χ2v) is 6.42. The molecular weight excluding hydrogens is 336 g/mol. The molecule has 0 unspecified atom stereocenters. The van der Waals surface area contributed by atoms with Crippen molar-refractivity contribution in [3.63, 3.8) is 0 Å². The summed E-state index contributed by atoms with van der Waals surface area (Å²) in [6, 6.07) is 13.3. The largest absolute Gasteiger partial charge is 0.352 e. The van der Waals surface area contributed by atoms with Gasteiger partial charge in [-0.15, -0.1) is 0 Å². The van der Waals surface area contributed by atoms with Crippen LogP contribution in [-0.2, 0) is 11.2 Å². The molecule has 0 N–H and O–H groups in total. The maximum atomic E-state index is 12.4. The second-order valence-electron chi connectivity index (χ2n) is 5.98. The molecule has 0 spiro atoms. The second kappa shape index (κ2) is 8.00. The highest BCUT2D eigenvalue weighted by molar-refractivity contribution is 6.30. The Labute approximate surface area is 152 Å². The number of amides is 1. The van der Waals surface area contributed by atoms with Crippen LogP contribution in [0.1, 0.15) is 17.5 Å². The van der Waals surface area contributed by atoms with E-state index in [1.807, 2.05) is 29.2 Å². The zero-order valence-electron chi connectivity index (χ0n) is 13.9. The Hall–Kier alpha value is -2.58. The van der Waals surface area contributed by atoms with Gasteiger partial charge >= 0.3 is 0 Å². The number of hydrogen-bond donors (Lipinski definition) is 0. The number of benzene rings is 1. The zero-order valence-corrected chi connectivity index (χ0v) is 14.6. The van der Waals surface area contributed by atoms with Gasteiger partial charge < -0.3 is 9.80 Å². The highest BCUT2D eigenvalue weighted by Crippen LogP contribution is 2.18. The van der Waals surface area contributed by atoms with Gasteiger partial charge in [0.05, 0.1) is 5.56 Å². The molecular formula is C19H19ClN4O. The molecule has 5 nitrogen and oxygen atoms in total. The molecule has 0 saturated carbocycles. The van der Waals surface area contributed by atoms with Crippen LogP contribution >= 0.6 is 11.6 Å². The molecule has 2 heterocycles. The monoisotopic (exact) mass is 354 g/mol. The van der Waals surface area contributed by atoms with Crippen molar-refractivity contribution in [3.05, 3.63) is 58.7 Å². The quantitative estimate of drug-likeness (QED) is 0.847. The van der Waals surface area contributed by atoms with Crippen molar-refractivity contribution < 1.29 is 4.79 Å². The van der Waals surface area contributed by atoms with E-state index in [9.17, 15) is 10.1 Å². The van der Waals surface area contributed by atoms with Gasteiger partial charge in [0.15, 0.2) is 0 Å². The van der Waals surface area contributed by atoms with Crippen molar-refractivity contribution in [2.75, 3.05) is 31.1 Å². The summed E-state index contributed by atoms with van der Waals surface area (Å²) in [5.74, 6) is 0.870. The van der Waals surface area contributed by atoms with Gasteiger partial charge in [-0.25, -0.2) is 4.98 Å². The van der Waals surface area contributed by atoms with Gasteiger partial charge in [-0.3, -0.25) is 4.79 Å². The number of aryl methyl sites for hydroxylation is 1. The minimum Gasteiger partial charge on any atom is -0.352 e. The topological polar surface area (TPSA) is 60.2 Å².